The highest BCUT2D eigenvalue weighted by molar-refractivity contribution is 5.40. The molecule has 2 aliphatic heterocycles. The van der Waals surface area contributed by atoms with Gasteiger partial charge in [-0.3, -0.25) is 5.10 Å². The van der Waals surface area contributed by atoms with Gasteiger partial charge in [-0.05, 0) is 19.3 Å². The molecule has 7 heteroatoms. The number of H-pyrrole nitrogens is 1. The van der Waals surface area contributed by atoms with Gasteiger partial charge in [0.1, 0.15) is 6.33 Å². The van der Waals surface area contributed by atoms with Crippen LogP contribution in [0.15, 0.2) is 10.9 Å². The minimum Gasteiger partial charge on any atom is -0.338 e. The summed E-state index contributed by atoms with van der Waals surface area (Å²) in [7, 11) is 0. The van der Waals surface area contributed by atoms with Gasteiger partial charge in [0.25, 0.3) is 0 Å². The van der Waals surface area contributed by atoms with E-state index in [2.05, 4.69) is 30.6 Å². The lowest BCUT2D eigenvalue weighted by molar-refractivity contribution is 0.329. The molecule has 3 atom stereocenters. The second-order valence-electron chi connectivity index (χ2n) is 4.68. The molecule has 0 aliphatic carbocycles. The third-order valence-corrected chi connectivity index (χ3v) is 3.69. The molecule has 2 fully saturated rings. The Morgan fingerprint density at radius 2 is 2.35 bits per heavy atom. The fourth-order valence-electron chi connectivity index (χ4n) is 2.89. The maximum absolute atomic E-state index is 5.34. The Bertz CT molecular complexity index is 521. The van der Waals surface area contributed by atoms with E-state index >= 15 is 0 Å². The first kappa shape index (κ1) is 9.29. The highest BCUT2D eigenvalue weighted by atomic mass is 16.5. The van der Waals surface area contributed by atoms with Crippen LogP contribution in [-0.4, -0.2) is 37.4 Å². The molecule has 0 aromatic carbocycles. The van der Waals surface area contributed by atoms with E-state index in [0.29, 0.717) is 29.7 Å². The van der Waals surface area contributed by atoms with Crippen molar-refractivity contribution in [1.82, 2.24) is 30.6 Å². The summed E-state index contributed by atoms with van der Waals surface area (Å²) in [5, 5.41) is 14.0. The first-order valence-electron chi connectivity index (χ1n) is 5.85. The highest BCUT2D eigenvalue weighted by Crippen LogP contribution is 2.39. The highest BCUT2D eigenvalue weighted by Gasteiger charge is 2.42. The topological polar surface area (TPSA) is 92.5 Å². The van der Waals surface area contributed by atoms with Crippen LogP contribution in [0, 0.1) is 0 Å². The van der Waals surface area contributed by atoms with Gasteiger partial charge in [0.05, 0.1) is 5.92 Å². The Hall–Kier alpha value is -1.76. The Morgan fingerprint density at radius 1 is 1.35 bits per heavy atom. The maximum atomic E-state index is 5.34. The Morgan fingerprint density at radius 3 is 3.06 bits per heavy atom. The summed E-state index contributed by atoms with van der Waals surface area (Å²) in [6.07, 6.45) is 5.01. The average molecular weight is 232 g/mol. The van der Waals surface area contributed by atoms with Crippen molar-refractivity contribution in [3.63, 3.8) is 0 Å². The standard InChI is InChI=1S/C10H12N6O/c1-2-7-6(3-5(1)13-7)10-14-9(16-17-10)8-11-4-12-15-8/h4-7,13H,1-3H2,(H,11,12,15). The van der Waals surface area contributed by atoms with Gasteiger partial charge in [-0.2, -0.15) is 10.1 Å². The van der Waals surface area contributed by atoms with Crippen LogP contribution >= 0.6 is 0 Å². The normalized spacial score (nSPS) is 31.2. The van der Waals surface area contributed by atoms with Gasteiger partial charge in [0.2, 0.25) is 11.7 Å². The first-order valence-corrected chi connectivity index (χ1v) is 5.85. The molecule has 0 saturated carbocycles. The van der Waals surface area contributed by atoms with Gasteiger partial charge in [-0.1, -0.05) is 5.16 Å². The van der Waals surface area contributed by atoms with Crippen molar-refractivity contribution in [2.45, 2.75) is 37.3 Å². The number of rotatable bonds is 2. The largest absolute Gasteiger partial charge is 0.338 e. The summed E-state index contributed by atoms with van der Waals surface area (Å²) in [4.78, 5) is 8.41. The fraction of sp³-hybridized carbons (Fsp3) is 0.600. The number of hydrogen-bond donors (Lipinski definition) is 2. The van der Waals surface area contributed by atoms with Gasteiger partial charge in [-0.25, -0.2) is 4.98 Å². The van der Waals surface area contributed by atoms with E-state index in [1.165, 1.54) is 19.2 Å². The summed E-state index contributed by atoms with van der Waals surface area (Å²) in [5.41, 5.74) is 0. The molecule has 2 aromatic rings. The van der Waals surface area contributed by atoms with Crippen molar-refractivity contribution in [1.29, 1.82) is 0 Å². The number of nitrogens with one attached hydrogen (secondary N) is 2. The zero-order valence-electron chi connectivity index (χ0n) is 9.13. The van der Waals surface area contributed by atoms with Gasteiger partial charge in [-0.15, -0.1) is 0 Å². The number of hydrogen-bond acceptors (Lipinski definition) is 6. The van der Waals surface area contributed by atoms with E-state index in [9.17, 15) is 0 Å². The van der Waals surface area contributed by atoms with Gasteiger partial charge >= 0.3 is 0 Å². The van der Waals surface area contributed by atoms with Gasteiger partial charge in [0, 0.05) is 12.1 Å². The molecule has 7 nitrogen and oxygen atoms in total. The van der Waals surface area contributed by atoms with E-state index in [4.69, 9.17) is 4.52 Å². The average Bonchev–Trinajstić information content (AvgIpc) is 3.12. The van der Waals surface area contributed by atoms with Crippen LogP contribution in [0.1, 0.15) is 31.1 Å². The van der Waals surface area contributed by atoms with E-state index in [1.54, 1.807) is 0 Å². The molecule has 4 rings (SSSR count). The fourth-order valence-corrected chi connectivity index (χ4v) is 2.89. The summed E-state index contributed by atoms with van der Waals surface area (Å²) in [5.74, 6) is 2.12. The zero-order valence-corrected chi connectivity index (χ0v) is 9.13. The molecule has 2 aliphatic rings. The predicted octanol–water partition coefficient (Wildman–Crippen LogP) is 0.463. The van der Waals surface area contributed by atoms with Crippen molar-refractivity contribution in [3.05, 3.63) is 12.2 Å². The van der Waals surface area contributed by atoms with Crippen LogP contribution in [0.3, 0.4) is 0 Å². The molecule has 0 amide bonds. The van der Waals surface area contributed by atoms with E-state index in [-0.39, 0.29) is 0 Å². The zero-order chi connectivity index (χ0) is 11.2. The van der Waals surface area contributed by atoms with Crippen LogP contribution in [-0.2, 0) is 0 Å². The molecule has 2 N–H and O–H groups in total. The maximum Gasteiger partial charge on any atom is 0.239 e. The molecule has 88 valence electrons. The first-order chi connectivity index (χ1) is 8.40. The minimum atomic E-state index is 0.359. The van der Waals surface area contributed by atoms with Crippen LogP contribution in [0.25, 0.3) is 11.6 Å². The summed E-state index contributed by atoms with van der Waals surface area (Å²) in [6.45, 7) is 0. The minimum absolute atomic E-state index is 0.359. The van der Waals surface area contributed by atoms with E-state index < -0.39 is 0 Å². The van der Waals surface area contributed by atoms with Gasteiger partial charge < -0.3 is 9.84 Å². The quantitative estimate of drug-likeness (QED) is 0.781. The Kier molecular flexibility index (Phi) is 1.84. The van der Waals surface area contributed by atoms with Crippen molar-refractivity contribution in [2.75, 3.05) is 0 Å². The van der Waals surface area contributed by atoms with E-state index in [0.717, 1.165) is 12.3 Å². The molecule has 0 spiro atoms. The molecule has 4 heterocycles. The Balaban J connectivity index is 1.63. The molecule has 3 unspecified atom stereocenters. The van der Waals surface area contributed by atoms with Crippen LogP contribution in [0.4, 0.5) is 0 Å². The van der Waals surface area contributed by atoms with Crippen LogP contribution in [0.5, 0.6) is 0 Å². The molecule has 2 saturated heterocycles. The second-order valence-corrected chi connectivity index (χ2v) is 4.68. The number of aromatic nitrogens is 5. The summed E-state index contributed by atoms with van der Waals surface area (Å²) < 4.78 is 5.34. The smallest absolute Gasteiger partial charge is 0.239 e. The molecular weight excluding hydrogens is 220 g/mol. The molecular formula is C10H12N6O. The van der Waals surface area contributed by atoms with Crippen molar-refractivity contribution in [2.24, 2.45) is 0 Å². The molecule has 17 heavy (non-hydrogen) atoms. The lowest BCUT2D eigenvalue weighted by Gasteiger charge is -2.15. The lowest BCUT2D eigenvalue weighted by Crippen LogP contribution is -2.21. The molecule has 2 aromatic heterocycles. The summed E-state index contributed by atoms with van der Waals surface area (Å²) in [6, 6.07) is 1.13. The monoisotopic (exact) mass is 232 g/mol. The number of aromatic amines is 1. The predicted molar refractivity (Wildman–Crippen MR) is 57.0 cm³/mol. The SMILES string of the molecule is c1n[nH]c(-c2noc(C3CC4CCC3N4)n2)n1. The number of nitrogens with zero attached hydrogens (tertiary/aromatic N) is 4. The van der Waals surface area contributed by atoms with E-state index in [1.807, 2.05) is 0 Å². The lowest BCUT2D eigenvalue weighted by atomic mass is 9.89. The van der Waals surface area contributed by atoms with Crippen LogP contribution < -0.4 is 5.32 Å². The molecule has 2 bridgehead atoms. The van der Waals surface area contributed by atoms with Gasteiger partial charge in [0.15, 0.2) is 5.82 Å². The van der Waals surface area contributed by atoms with Crippen molar-refractivity contribution >= 4 is 0 Å². The third-order valence-electron chi connectivity index (χ3n) is 3.69. The number of fused-ring (bicyclic) bond motifs is 2. The van der Waals surface area contributed by atoms with Crippen molar-refractivity contribution < 1.29 is 4.52 Å². The van der Waals surface area contributed by atoms with Crippen molar-refractivity contribution in [3.8, 4) is 11.6 Å². The molecule has 0 radical (unpaired) electrons. The van der Waals surface area contributed by atoms with Crippen LogP contribution in [0.2, 0.25) is 0 Å². The summed E-state index contributed by atoms with van der Waals surface area (Å²) >= 11 is 0. The Labute approximate surface area is 97.0 Å². The third kappa shape index (κ3) is 1.39. The second kappa shape index (κ2) is 3.36.